The number of non-ortho nitro benzene ring substituents is 1. The van der Waals surface area contributed by atoms with Gasteiger partial charge >= 0.3 is 0 Å². The van der Waals surface area contributed by atoms with E-state index in [1.165, 1.54) is 18.3 Å². The lowest BCUT2D eigenvalue weighted by Crippen LogP contribution is -2.20. The summed E-state index contributed by atoms with van der Waals surface area (Å²) in [5, 5.41) is 17.9. The fraction of sp³-hybridized carbons (Fsp3) is 0.167. The maximum Gasteiger partial charge on any atom is 0.269 e. The minimum atomic E-state index is -0.472. The minimum Gasteiger partial charge on any atom is -0.490 e. The summed E-state index contributed by atoms with van der Waals surface area (Å²) in [5.41, 5.74) is 5.75. The third kappa shape index (κ3) is 6.94. The Labute approximate surface area is 201 Å². The van der Waals surface area contributed by atoms with Crippen LogP contribution < -0.4 is 20.2 Å². The summed E-state index contributed by atoms with van der Waals surface area (Å²) in [7, 11) is 0. The molecular formula is C24H23ClN4O5. The van der Waals surface area contributed by atoms with Crippen molar-refractivity contribution in [2.45, 2.75) is 13.8 Å². The number of nitrogens with zero attached hydrogens (tertiary/aromatic N) is 2. The van der Waals surface area contributed by atoms with Crippen molar-refractivity contribution in [2.75, 3.05) is 24.0 Å². The van der Waals surface area contributed by atoms with Crippen LogP contribution in [0.25, 0.3) is 0 Å². The van der Waals surface area contributed by atoms with Gasteiger partial charge in [-0.15, -0.1) is 0 Å². The Kier molecular flexibility index (Phi) is 8.42. The smallest absolute Gasteiger partial charge is 0.269 e. The maximum absolute atomic E-state index is 12.3. The van der Waals surface area contributed by atoms with E-state index in [2.05, 4.69) is 15.8 Å². The number of nitro benzene ring substituents is 1. The van der Waals surface area contributed by atoms with Crippen molar-refractivity contribution in [3.05, 3.63) is 86.9 Å². The van der Waals surface area contributed by atoms with Gasteiger partial charge in [-0.25, -0.2) is 0 Å². The molecule has 0 aliphatic heterocycles. The number of carbonyl (C=O) groups excluding carboxylic acids is 1. The lowest BCUT2D eigenvalue weighted by Gasteiger charge is -2.14. The van der Waals surface area contributed by atoms with E-state index < -0.39 is 4.92 Å². The average molecular weight is 483 g/mol. The zero-order valence-electron chi connectivity index (χ0n) is 18.6. The van der Waals surface area contributed by atoms with Gasteiger partial charge in [0.2, 0.25) is 0 Å². The number of rotatable bonds is 10. The molecule has 2 N–H and O–H groups in total. The monoisotopic (exact) mass is 482 g/mol. The number of anilines is 2. The third-order valence-corrected chi connectivity index (χ3v) is 4.78. The molecule has 3 rings (SSSR count). The first-order chi connectivity index (χ1) is 16.4. The summed E-state index contributed by atoms with van der Waals surface area (Å²) in [6, 6.07) is 16.6. The summed E-state index contributed by atoms with van der Waals surface area (Å²) < 4.78 is 11.3. The van der Waals surface area contributed by atoms with Crippen LogP contribution in [0.3, 0.4) is 0 Å². The second kappa shape index (κ2) is 11.7. The van der Waals surface area contributed by atoms with Gasteiger partial charge in [-0.05, 0) is 55.8 Å². The Hall–Kier alpha value is -4.11. The van der Waals surface area contributed by atoms with Crippen LogP contribution in [0.5, 0.6) is 11.5 Å². The first-order valence-electron chi connectivity index (χ1n) is 10.3. The van der Waals surface area contributed by atoms with Crippen LogP contribution in [-0.4, -0.2) is 30.3 Å². The quantitative estimate of drug-likeness (QED) is 0.226. The van der Waals surface area contributed by atoms with Gasteiger partial charge in [-0.1, -0.05) is 29.3 Å². The van der Waals surface area contributed by atoms with E-state index in [0.717, 1.165) is 5.56 Å². The van der Waals surface area contributed by atoms with Crippen molar-refractivity contribution in [3.63, 3.8) is 0 Å². The Balaban J connectivity index is 1.65. The number of ether oxygens (including phenoxy) is 2. The van der Waals surface area contributed by atoms with E-state index in [1.54, 1.807) is 24.3 Å². The topological polar surface area (TPSA) is 115 Å². The molecule has 176 valence electrons. The number of hydrogen-bond acceptors (Lipinski definition) is 7. The van der Waals surface area contributed by atoms with Gasteiger partial charge in [0.15, 0.2) is 18.1 Å². The summed E-state index contributed by atoms with van der Waals surface area (Å²) in [6.45, 7) is 3.90. The van der Waals surface area contributed by atoms with Crippen LogP contribution in [0.2, 0.25) is 5.02 Å². The molecule has 3 aromatic rings. The molecule has 0 spiro atoms. The van der Waals surface area contributed by atoms with E-state index in [9.17, 15) is 14.9 Å². The van der Waals surface area contributed by atoms with Crippen LogP contribution in [0.4, 0.5) is 17.1 Å². The largest absolute Gasteiger partial charge is 0.490 e. The number of benzene rings is 3. The highest BCUT2D eigenvalue weighted by molar-refractivity contribution is 6.32. The number of amides is 1. The summed E-state index contributed by atoms with van der Waals surface area (Å²) in [6.07, 6.45) is 1.52. The van der Waals surface area contributed by atoms with Crippen molar-refractivity contribution in [2.24, 2.45) is 5.10 Å². The van der Waals surface area contributed by atoms with E-state index in [0.29, 0.717) is 29.3 Å². The van der Waals surface area contributed by atoms with Crippen LogP contribution >= 0.6 is 11.6 Å². The lowest BCUT2D eigenvalue weighted by atomic mass is 10.2. The third-order valence-electron chi connectivity index (χ3n) is 4.50. The Morgan fingerprint density at radius 2 is 1.76 bits per heavy atom. The molecule has 10 heteroatoms. The van der Waals surface area contributed by atoms with E-state index >= 15 is 0 Å². The Morgan fingerprint density at radius 1 is 1.09 bits per heavy atom. The van der Waals surface area contributed by atoms with Crippen LogP contribution in [0.15, 0.2) is 65.8 Å². The van der Waals surface area contributed by atoms with Gasteiger partial charge in [0.1, 0.15) is 0 Å². The SMILES string of the molecule is CCOc1cc(/C=N/Nc2ccc([N+](=O)[O-])cc2)cc(Cl)c1OCC(=O)Nc1ccc(C)cc1. The van der Waals surface area contributed by atoms with Gasteiger partial charge in [-0.3, -0.25) is 20.3 Å². The highest BCUT2D eigenvalue weighted by Gasteiger charge is 2.14. The standard InChI is InChI=1S/C24H23ClN4O5/c1-3-33-22-13-17(14-26-28-19-8-10-20(11-9-19)29(31)32)12-21(25)24(22)34-15-23(30)27-18-6-4-16(2)5-7-18/h4-14,28H,3,15H2,1-2H3,(H,27,30)/b26-14+. The van der Waals surface area contributed by atoms with E-state index in [4.69, 9.17) is 21.1 Å². The first kappa shape index (κ1) is 24.5. The van der Waals surface area contributed by atoms with Crippen molar-refractivity contribution in [3.8, 4) is 11.5 Å². The molecule has 0 aromatic heterocycles. The number of aryl methyl sites for hydroxylation is 1. The molecule has 0 radical (unpaired) electrons. The zero-order chi connectivity index (χ0) is 24.5. The molecule has 0 heterocycles. The molecule has 1 amide bonds. The van der Waals surface area contributed by atoms with E-state index in [-0.39, 0.29) is 29.0 Å². The molecule has 0 atom stereocenters. The number of hydrogen-bond donors (Lipinski definition) is 2. The van der Waals surface area contributed by atoms with Crippen molar-refractivity contribution < 1.29 is 19.2 Å². The average Bonchev–Trinajstić information content (AvgIpc) is 2.80. The minimum absolute atomic E-state index is 0.00852. The molecular weight excluding hydrogens is 460 g/mol. The predicted octanol–water partition coefficient (Wildman–Crippen LogP) is 5.42. The second-order valence-electron chi connectivity index (χ2n) is 7.14. The van der Waals surface area contributed by atoms with Crippen LogP contribution in [0.1, 0.15) is 18.1 Å². The predicted molar refractivity (Wildman–Crippen MR) is 132 cm³/mol. The van der Waals surface area contributed by atoms with Crippen molar-refractivity contribution in [1.82, 2.24) is 0 Å². The van der Waals surface area contributed by atoms with E-state index in [1.807, 2.05) is 38.1 Å². The normalized spacial score (nSPS) is 10.7. The maximum atomic E-state index is 12.3. The van der Waals surface area contributed by atoms with Gasteiger partial charge < -0.3 is 14.8 Å². The molecule has 0 aliphatic carbocycles. The molecule has 0 aliphatic rings. The van der Waals surface area contributed by atoms with Crippen molar-refractivity contribution in [1.29, 1.82) is 0 Å². The molecule has 0 saturated heterocycles. The molecule has 9 nitrogen and oxygen atoms in total. The highest BCUT2D eigenvalue weighted by atomic mass is 35.5. The summed E-state index contributed by atoms with van der Waals surface area (Å²) in [5.74, 6) is 0.290. The van der Waals surface area contributed by atoms with Gasteiger partial charge in [0.25, 0.3) is 11.6 Å². The van der Waals surface area contributed by atoms with Gasteiger partial charge in [-0.2, -0.15) is 5.10 Å². The molecule has 0 bridgehead atoms. The Bertz CT molecular complexity index is 1180. The molecule has 34 heavy (non-hydrogen) atoms. The van der Waals surface area contributed by atoms with Crippen LogP contribution in [-0.2, 0) is 4.79 Å². The van der Waals surface area contributed by atoms with Crippen molar-refractivity contribution >= 4 is 40.8 Å². The molecule has 0 unspecified atom stereocenters. The fourth-order valence-electron chi connectivity index (χ4n) is 2.88. The number of carbonyl (C=O) groups is 1. The number of halogens is 1. The Morgan fingerprint density at radius 3 is 2.41 bits per heavy atom. The lowest BCUT2D eigenvalue weighted by molar-refractivity contribution is -0.384. The molecule has 0 saturated carbocycles. The fourth-order valence-corrected chi connectivity index (χ4v) is 3.15. The second-order valence-corrected chi connectivity index (χ2v) is 7.55. The summed E-state index contributed by atoms with van der Waals surface area (Å²) >= 11 is 6.39. The zero-order valence-corrected chi connectivity index (χ0v) is 19.3. The summed E-state index contributed by atoms with van der Waals surface area (Å²) in [4.78, 5) is 22.5. The highest BCUT2D eigenvalue weighted by Crippen LogP contribution is 2.36. The van der Waals surface area contributed by atoms with Crippen LogP contribution in [0, 0.1) is 17.0 Å². The molecule has 0 fully saturated rings. The first-order valence-corrected chi connectivity index (χ1v) is 10.7. The number of nitro groups is 1. The molecule has 3 aromatic carbocycles. The van der Waals surface area contributed by atoms with Gasteiger partial charge in [0.05, 0.1) is 28.5 Å². The number of nitrogens with one attached hydrogen (secondary N) is 2. The van der Waals surface area contributed by atoms with Gasteiger partial charge in [0, 0.05) is 17.8 Å². The number of hydrazone groups is 1.